The molecule has 1 heterocycles. The van der Waals surface area contributed by atoms with Crippen molar-refractivity contribution >= 4 is 5.84 Å². The van der Waals surface area contributed by atoms with E-state index in [9.17, 15) is 0 Å². The van der Waals surface area contributed by atoms with E-state index in [0.717, 1.165) is 12.1 Å². The molecule has 0 bridgehead atoms. The van der Waals surface area contributed by atoms with Crippen LogP contribution < -0.4 is 0 Å². The van der Waals surface area contributed by atoms with Gasteiger partial charge < -0.3 is 10.1 Å². The Kier molecular flexibility index (Phi) is 2.90. The number of rotatable bonds is 2. The number of oxime groups is 1. The van der Waals surface area contributed by atoms with Crippen molar-refractivity contribution in [3.8, 4) is 0 Å². The first kappa shape index (κ1) is 9.58. The van der Waals surface area contributed by atoms with E-state index in [-0.39, 0.29) is 0 Å². The highest BCUT2D eigenvalue weighted by Crippen LogP contribution is 2.19. The summed E-state index contributed by atoms with van der Waals surface area (Å²) >= 11 is 0. The Labute approximate surface area is 78.4 Å². The van der Waals surface area contributed by atoms with Crippen molar-refractivity contribution in [3.63, 3.8) is 0 Å². The second-order valence-corrected chi connectivity index (χ2v) is 3.07. The van der Waals surface area contributed by atoms with E-state index >= 15 is 0 Å². The molecule has 0 radical (unpaired) electrons. The van der Waals surface area contributed by atoms with Gasteiger partial charge in [-0.3, -0.25) is 0 Å². The molecule has 1 rings (SSSR count). The van der Waals surface area contributed by atoms with Crippen LogP contribution in [0.15, 0.2) is 41.1 Å². The quantitative estimate of drug-likeness (QED) is 0.397. The molecule has 0 saturated carbocycles. The molecular weight excluding hydrogens is 164 g/mol. The molecule has 0 amide bonds. The molecule has 0 unspecified atom stereocenters. The molecule has 0 fully saturated rings. The third kappa shape index (κ3) is 1.80. The van der Waals surface area contributed by atoms with Gasteiger partial charge in [0, 0.05) is 19.2 Å². The molecule has 0 saturated heterocycles. The average Bonchev–Trinajstić information content (AvgIpc) is 2.37. The number of amidine groups is 1. The van der Waals surface area contributed by atoms with E-state index in [0.29, 0.717) is 5.84 Å². The summed E-state index contributed by atoms with van der Waals surface area (Å²) < 4.78 is 0. The van der Waals surface area contributed by atoms with Crippen molar-refractivity contribution < 1.29 is 5.21 Å². The summed E-state index contributed by atoms with van der Waals surface area (Å²) in [5.74, 6) is 0.621. The summed E-state index contributed by atoms with van der Waals surface area (Å²) in [6.07, 6.45) is 5.44. The van der Waals surface area contributed by atoms with Crippen molar-refractivity contribution in [2.45, 2.75) is 6.92 Å². The number of allylic oxidation sites excluding steroid dienone is 2. The van der Waals surface area contributed by atoms with E-state index in [1.807, 2.05) is 31.0 Å². The molecule has 0 aromatic rings. The highest BCUT2D eigenvalue weighted by Gasteiger charge is 2.21. The molecule has 70 valence electrons. The number of nitrogens with zero attached hydrogens (tertiary/aromatic N) is 2. The van der Waals surface area contributed by atoms with Gasteiger partial charge in [0.05, 0.1) is 0 Å². The second kappa shape index (κ2) is 3.94. The molecule has 0 aromatic carbocycles. The van der Waals surface area contributed by atoms with Crippen LogP contribution in [-0.4, -0.2) is 29.5 Å². The normalized spacial score (nSPS) is 20.8. The first-order valence-electron chi connectivity index (χ1n) is 4.13. The fourth-order valence-electron chi connectivity index (χ4n) is 1.42. The highest BCUT2D eigenvalue weighted by atomic mass is 16.4. The summed E-state index contributed by atoms with van der Waals surface area (Å²) in [4.78, 5) is 1.90. The Morgan fingerprint density at radius 1 is 1.62 bits per heavy atom. The molecule has 0 aliphatic carbocycles. The van der Waals surface area contributed by atoms with Gasteiger partial charge in [0.2, 0.25) is 0 Å². The third-order valence-corrected chi connectivity index (χ3v) is 2.03. The van der Waals surface area contributed by atoms with Gasteiger partial charge in [0.25, 0.3) is 0 Å². The Morgan fingerprint density at radius 3 is 2.85 bits per heavy atom. The first-order chi connectivity index (χ1) is 6.20. The van der Waals surface area contributed by atoms with E-state index in [1.54, 1.807) is 6.08 Å². The van der Waals surface area contributed by atoms with Gasteiger partial charge in [0.1, 0.15) is 0 Å². The maximum absolute atomic E-state index is 8.78. The van der Waals surface area contributed by atoms with Gasteiger partial charge in [-0.15, -0.1) is 0 Å². The van der Waals surface area contributed by atoms with Gasteiger partial charge in [0.15, 0.2) is 5.84 Å². The lowest BCUT2D eigenvalue weighted by Gasteiger charge is -2.10. The van der Waals surface area contributed by atoms with E-state index < -0.39 is 0 Å². The fourth-order valence-corrected chi connectivity index (χ4v) is 1.42. The zero-order valence-corrected chi connectivity index (χ0v) is 7.99. The van der Waals surface area contributed by atoms with E-state index in [4.69, 9.17) is 5.21 Å². The van der Waals surface area contributed by atoms with Crippen LogP contribution in [0, 0.1) is 0 Å². The summed E-state index contributed by atoms with van der Waals surface area (Å²) in [6.45, 7) is 6.43. The molecule has 1 aliphatic rings. The SMILES string of the molecule is C=C/C=C\C1=C(C)CN(C)/C1=N/O. The largest absolute Gasteiger partial charge is 0.409 e. The minimum atomic E-state index is 0.621. The van der Waals surface area contributed by atoms with Crippen LogP contribution in [0.1, 0.15) is 6.92 Å². The number of hydrogen-bond acceptors (Lipinski definition) is 2. The maximum atomic E-state index is 8.78. The van der Waals surface area contributed by atoms with Gasteiger partial charge in [-0.2, -0.15) is 0 Å². The van der Waals surface area contributed by atoms with Crippen LogP contribution in [0.3, 0.4) is 0 Å². The lowest BCUT2D eigenvalue weighted by Crippen LogP contribution is -2.21. The van der Waals surface area contributed by atoms with Crippen LogP contribution in [0.5, 0.6) is 0 Å². The van der Waals surface area contributed by atoms with Crippen LogP contribution in [-0.2, 0) is 0 Å². The van der Waals surface area contributed by atoms with Crippen LogP contribution in [0.2, 0.25) is 0 Å². The van der Waals surface area contributed by atoms with Gasteiger partial charge in [-0.05, 0) is 12.5 Å². The van der Waals surface area contributed by atoms with Crippen molar-refractivity contribution in [1.82, 2.24) is 4.90 Å². The molecule has 3 heteroatoms. The lowest BCUT2D eigenvalue weighted by atomic mass is 10.1. The summed E-state index contributed by atoms with van der Waals surface area (Å²) in [6, 6.07) is 0. The zero-order chi connectivity index (χ0) is 9.84. The van der Waals surface area contributed by atoms with Gasteiger partial charge >= 0.3 is 0 Å². The van der Waals surface area contributed by atoms with Crippen LogP contribution in [0.4, 0.5) is 0 Å². The van der Waals surface area contributed by atoms with E-state index in [1.165, 1.54) is 5.57 Å². The minimum absolute atomic E-state index is 0.621. The average molecular weight is 178 g/mol. The molecule has 0 aromatic heterocycles. The lowest BCUT2D eigenvalue weighted by molar-refractivity contribution is 0.310. The topological polar surface area (TPSA) is 35.8 Å². The summed E-state index contributed by atoms with van der Waals surface area (Å²) in [5.41, 5.74) is 2.18. The summed E-state index contributed by atoms with van der Waals surface area (Å²) in [5, 5.41) is 12.0. The van der Waals surface area contributed by atoms with Crippen LogP contribution >= 0.6 is 0 Å². The molecule has 0 spiro atoms. The van der Waals surface area contributed by atoms with Crippen molar-refractivity contribution in [1.29, 1.82) is 0 Å². The third-order valence-electron chi connectivity index (χ3n) is 2.03. The summed E-state index contributed by atoms with van der Waals surface area (Å²) in [7, 11) is 1.90. The fraction of sp³-hybridized carbons (Fsp3) is 0.300. The minimum Gasteiger partial charge on any atom is -0.409 e. The molecule has 1 N–H and O–H groups in total. The Hall–Kier alpha value is -1.51. The van der Waals surface area contributed by atoms with Crippen molar-refractivity contribution in [2.75, 3.05) is 13.6 Å². The number of likely N-dealkylation sites (N-methyl/N-ethyl adjacent to an activating group) is 1. The molecule has 0 atom stereocenters. The van der Waals surface area contributed by atoms with Crippen molar-refractivity contribution in [3.05, 3.63) is 36.0 Å². The van der Waals surface area contributed by atoms with E-state index in [2.05, 4.69) is 11.7 Å². The predicted octanol–water partition coefficient (Wildman–Crippen LogP) is 1.78. The van der Waals surface area contributed by atoms with Crippen molar-refractivity contribution in [2.24, 2.45) is 5.16 Å². The van der Waals surface area contributed by atoms with Gasteiger partial charge in [-0.25, -0.2) is 0 Å². The highest BCUT2D eigenvalue weighted by molar-refractivity contribution is 6.03. The molecule has 1 aliphatic heterocycles. The van der Waals surface area contributed by atoms with Crippen LogP contribution in [0.25, 0.3) is 0 Å². The molecule has 3 nitrogen and oxygen atoms in total. The Morgan fingerprint density at radius 2 is 2.31 bits per heavy atom. The van der Waals surface area contributed by atoms with Gasteiger partial charge in [-0.1, -0.05) is 30.0 Å². The Bertz CT molecular complexity index is 300. The predicted molar refractivity (Wildman–Crippen MR) is 53.9 cm³/mol. The Balaban J connectivity index is 2.98. The smallest absolute Gasteiger partial charge is 0.175 e. The molecule has 13 heavy (non-hydrogen) atoms. The standard InChI is InChI=1S/C10H14N2O/c1-4-5-6-9-8(2)7-12(3)10(9)11-13/h4-6,13H,1,7H2,2-3H3/b6-5-,11-10+. The second-order valence-electron chi connectivity index (χ2n) is 3.07. The molecular formula is C10H14N2O. The number of hydrogen-bond donors (Lipinski definition) is 1. The monoisotopic (exact) mass is 178 g/mol. The zero-order valence-electron chi connectivity index (χ0n) is 7.99. The maximum Gasteiger partial charge on any atom is 0.175 e. The first-order valence-corrected chi connectivity index (χ1v) is 4.13.